The molecule has 0 aromatic heterocycles. The molecule has 4 nitrogen and oxygen atoms in total. The van der Waals surface area contributed by atoms with E-state index < -0.39 is 0 Å². The van der Waals surface area contributed by atoms with E-state index in [-0.39, 0.29) is 12.2 Å². The van der Waals surface area contributed by atoms with Crippen molar-refractivity contribution in [2.45, 2.75) is 44.9 Å². The first-order valence-corrected chi connectivity index (χ1v) is 5.97. The van der Waals surface area contributed by atoms with Gasteiger partial charge in [-0.05, 0) is 25.9 Å². The maximum absolute atomic E-state index is 9.75. The second-order valence-corrected chi connectivity index (χ2v) is 4.37. The first kappa shape index (κ1) is 12.9. The Bertz CT molecular complexity index is 168. The molecule has 0 aromatic rings. The number of aliphatic hydroxyl groups excluding tert-OH is 2. The Balaban J connectivity index is 2.05. The topological polar surface area (TPSA) is 55.7 Å². The van der Waals surface area contributed by atoms with E-state index in [4.69, 9.17) is 5.11 Å². The van der Waals surface area contributed by atoms with E-state index in [9.17, 15) is 5.11 Å². The monoisotopic (exact) mass is 216 g/mol. The van der Waals surface area contributed by atoms with Gasteiger partial charge >= 0.3 is 0 Å². The Morgan fingerprint density at radius 2 is 1.93 bits per heavy atom. The van der Waals surface area contributed by atoms with E-state index in [1.807, 2.05) is 0 Å². The molecule has 1 unspecified atom stereocenters. The summed E-state index contributed by atoms with van der Waals surface area (Å²) >= 11 is 0. The van der Waals surface area contributed by atoms with Gasteiger partial charge in [0.2, 0.25) is 0 Å². The van der Waals surface area contributed by atoms with Gasteiger partial charge in [-0.1, -0.05) is 13.8 Å². The summed E-state index contributed by atoms with van der Waals surface area (Å²) in [6.07, 6.45) is 1.24. The Hall–Kier alpha value is -0.160. The third kappa shape index (κ3) is 4.47. The molecule has 0 aromatic carbocycles. The first-order valence-electron chi connectivity index (χ1n) is 5.97. The Morgan fingerprint density at radius 1 is 1.33 bits per heavy atom. The van der Waals surface area contributed by atoms with Crippen LogP contribution in [0.2, 0.25) is 0 Å². The van der Waals surface area contributed by atoms with Crippen LogP contribution in [0.3, 0.4) is 0 Å². The lowest BCUT2D eigenvalue weighted by Crippen LogP contribution is -2.48. The zero-order chi connectivity index (χ0) is 11.3. The third-order valence-electron chi connectivity index (χ3n) is 3.12. The van der Waals surface area contributed by atoms with Crippen LogP contribution in [-0.2, 0) is 0 Å². The number of hydrogen-bond donors (Lipinski definition) is 3. The standard InChI is InChI=1S/C11H24N2O2/c1-3-13(4-2)8-11(15)7-12-9-5-10(14)6-9/h9-12,14-15H,3-8H2,1-2H3. The molecule has 0 heterocycles. The van der Waals surface area contributed by atoms with Gasteiger partial charge in [-0.2, -0.15) is 0 Å². The van der Waals surface area contributed by atoms with Crippen molar-refractivity contribution in [1.82, 2.24) is 10.2 Å². The highest BCUT2D eigenvalue weighted by atomic mass is 16.3. The van der Waals surface area contributed by atoms with Crippen molar-refractivity contribution in [3.8, 4) is 0 Å². The van der Waals surface area contributed by atoms with Crippen molar-refractivity contribution in [3.63, 3.8) is 0 Å². The molecule has 0 spiro atoms. The second-order valence-electron chi connectivity index (χ2n) is 4.37. The molecular weight excluding hydrogens is 192 g/mol. The van der Waals surface area contributed by atoms with Crippen molar-refractivity contribution in [2.24, 2.45) is 0 Å². The summed E-state index contributed by atoms with van der Waals surface area (Å²) in [4.78, 5) is 2.21. The van der Waals surface area contributed by atoms with Crippen LogP contribution in [0, 0.1) is 0 Å². The fraction of sp³-hybridized carbons (Fsp3) is 1.00. The average Bonchev–Trinajstić information content (AvgIpc) is 2.19. The molecule has 1 fully saturated rings. The predicted octanol–water partition coefficient (Wildman–Crippen LogP) is -0.198. The van der Waals surface area contributed by atoms with Gasteiger partial charge in [-0.3, -0.25) is 0 Å². The van der Waals surface area contributed by atoms with E-state index >= 15 is 0 Å². The fourth-order valence-electron chi connectivity index (χ4n) is 1.90. The molecule has 1 aliphatic carbocycles. The van der Waals surface area contributed by atoms with E-state index in [0.717, 1.165) is 32.5 Å². The number of likely N-dealkylation sites (N-methyl/N-ethyl adjacent to an activating group) is 1. The van der Waals surface area contributed by atoms with Crippen molar-refractivity contribution in [2.75, 3.05) is 26.2 Å². The molecule has 0 saturated heterocycles. The molecule has 1 saturated carbocycles. The van der Waals surface area contributed by atoms with E-state index in [2.05, 4.69) is 24.1 Å². The van der Waals surface area contributed by atoms with Gasteiger partial charge in [0.05, 0.1) is 12.2 Å². The van der Waals surface area contributed by atoms with Crippen LogP contribution < -0.4 is 5.32 Å². The van der Waals surface area contributed by atoms with E-state index in [1.54, 1.807) is 0 Å². The van der Waals surface area contributed by atoms with Crippen molar-refractivity contribution < 1.29 is 10.2 Å². The van der Waals surface area contributed by atoms with Crippen LogP contribution in [0.4, 0.5) is 0 Å². The normalized spacial score (nSPS) is 27.8. The lowest BCUT2D eigenvalue weighted by molar-refractivity contribution is 0.0507. The molecule has 3 N–H and O–H groups in total. The maximum Gasteiger partial charge on any atom is 0.0791 e. The van der Waals surface area contributed by atoms with Crippen LogP contribution in [0.1, 0.15) is 26.7 Å². The minimum absolute atomic E-state index is 0.123. The minimum Gasteiger partial charge on any atom is -0.393 e. The number of nitrogens with zero attached hydrogens (tertiary/aromatic N) is 1. The van der Waals surface area contributed by atoms with E-state index in [1.165, 1.54) is 0 Å². The largest absolute Gasteiger partial charge is 0.393 e. The zero-order valence-corrected chi connectivity index (χ0v) is 9.82. The summed E-state index contributed by atoms with van der Waals surface area (Å²) in [5.74, 6) is 0. The summed E-state index contributed by atoms with van der Waals surface area (Å²) in [7, 11) is 0. The fourth-order valence-corrected chi connectivity index (χ4v) is 1.90. The molecular formula is C11H24N2O2. The zero-order valence-electron chi connectivity index (χ0n) is 9.82. The summed E-state index contributed by atoms with van der Waals surface area (Å²) < 4.78 is 0. The minimum atomic E-state index is -0.303. The molecule has 1 atom stereocenters. The second kappa shape index (κ2) is 6.43. The van der Waals surface area contributed by atoms with Crippen LogP contribution in [0.25, 0.3) is 0 Å². The Kier molecular flexibility index (Phi) is 5.53. The van der Waals surface area contributed by atoms with Crippen molar-refractivity contribution >= 4 is 0 Å². The molecule has 1 aliphatic rings. The Labute approximate surface area is 92.3 Å². The Morgan fingerprint density at radius 3 is 2.40 bits per heavy atom. The average molecular weight is 216 g/mol. The quantitative estimate of drug-likeness (QED) is 0.552. The van der Waals surface area contributed by atoms with Crippen LogP contribution in [0.5, 0.6) is 0 Å². The smallest absolute Gasteiger partial charge is 0.0791 e. The molecule has 0 aliphatic heterocycles. The summed E-state index contributed by atoms with van der Waals surface area (Å²) in [6.45, 7) is 7.53. The number of aliphatic hydroxyl groups is 2. The lowest BCUT2D eigenvalue weighted by atomic mass is 9.89. The summed E-state index contributed by atoms with van der Waals surface area (Å²) in [6, 6.07) is 0.409. The van der Waals surface area contributed by atoms with Gasteiger partial charge in [0.15, 0.2) is 0 Å². The van der Waals surface area contributed by atoms with Crippen molar-refractivity contribution in [1.29, 1.82) is 0 Å². The molecule has 15 heavy (non-hydrogen) atoms. The highest BCUT2D eigenvalue weighted by Crippen LogP contribution is 2.18. The highest BCUT2D eigenvalue weighted by molar-refractivity contribution is 4.85. The SMILES string of the molecule is CCN(CC)CC(O)CNC1CC(O)C1. The van der Waals surface area contributed by atoms with Gasteiger partial charge in [-0.25, -0.2) is 0 Å². The van der Waals surface area contributed by atoms with Crippen molar-refractivity contribution in [3.05, 3.63) is 0 Å². The van der Waals surface area contributed by atoms with Gasteiger partial charge in [0.25, 0.3) is 0 Å². The van der Waals surface area contributed by atoms with E-state index in [0.29, 0.717) is 12.6 Å². The predicted molar refractivity (Wildman–Crippen MR) is 60.8 cm³/mol. The maximum atomic E-state index is 9.75. The summed E-state index contributed by atoms with van der Waals surface area (Å²) in [5, 5.41) is 22.1. The highest BCUT2D eigenvalue weighted by Gasteiger charge is 2.26. The molecule has 90 valence electrons. The lowest BCUT2D eigenvalue weighted by Gasteiger charge is -2.33. The van der Waals surface area contributed by atoms with Gasteiger partial charge < -0.3 is 20.4 Å². The third-order valence-corrected chi connectivity index (χ3v) is 3.12. The van der Waals surface area contributed by atoms with Gasteiger partial charge in [0.1, 0.15) is 0 Å². The molecule has 0 amide bonds. The number of nitrogens with one attached hydrogen (secondary N) is 1. The first-order chi connectivity index (χ1) is 7.15. The van der Waals surface area contributed by atoms with Crippen LogP contribution >= 0.6 is 0 Å². The van der Waals surface area contributed by atoms with Crippen LogP contribution in [0.15, 0.2) is 0 Å². The summed E-state index contributed by atoms with van der Waals surface area (Å²) in [5.41, 5.74) is 0. The molecule has 0 bridgehead atoms. The molecule has 1 rings (SSSR count). The van der Waals surface area contributed by atoms with Gasteiger partial charge in [0, 0.05) is 19.1 Å². The molecule has 0 radical (unpaired) electrons. The number of hydrogen-bond acceptors (Lipinski definition) is 4. The van der Waals surface area contributed by atoms with Gasteiger partial charge in [-0.15, -0.1) is 0 Å². The van der Waals surface area contributed by atoms with Crippen LogP contribution in [-0.4, -0.2) is 59.5 Å². The number of rotatable bonds is 7. The molecule has 4 heteroatoms.